The van der Waals surface area contributed by atoms with E-state index in [1.54, 1.807) is 6.92 Å². The van der Waals surface area contributed by atoms with Gasteiger partial charge in [0.25, 0.3) is 5.91 Å². The van der Waals surface area contributed by atoms with Crippen LogP contribution in [-0.2, 0) is 0 Å². The van der Waals surface area contributed by atoms with Crippen LogP contribution >= 0.6 is 0 Å². The number of halogens is 3. The van der Waals surface area contributed by atoms with Gasteiger partial charge in [-0.3, -0.25) is 4.79 Å². The highest BCUT2D eigenvalue weighted by atomic mass is 19.4. The second-order valence-corrected chi connectivity index (χ2v) is 2.97. The second-order valence-electron chi connectivity index (χ2n) is 2.97. The minimum Gasteiger partial charge on any atom is -0.493 e. The molecular weight excluding hydrogens is 239 g/mol. The number of hydrogen-bond donors (Lipinski definition) is 1. The van der Waals surface area contributed by atoms with Gasteiger partial charge in [0, 0.05) is 0 Å². The highest BCUT2D eigenvalue weighted by Gasteiger charge is 2.33. The van der Waals surface area contributed by atoms with Crippen molar-refractivity contribution in [1.29, 1.82) is 0 Å². The van der Waals surface area contributed by atoms with Crippen molar-refractivity contribution in [3.05, 3.63) is 23.8 Å². The van der Waals surface area contributed by atoms with Gasteiger partial charge in [0.05, 0.1) is 6.61 Å². The van der Waals surface area contributed by atoms with Gasteiger partial charge in [-0.25, -0.2) is 0 Å². The van der Waals surface area contributed by atoms with Crippen LogP contribution in [0.1, 0.15) is 17.3 Å². The predicted molar refractivity (Wildman–Crippen MR) is 52.8 cm³/mol. The van der Waals surface area contributed by atoms with E-state index < -0.39 is 23.6 Å². The number of rotatable bonds is 4. The van der Waals surface area contributed by atoms with Gasteiger partial charge in [0.2, 0.25) is 0 Å². The molecule has 17 heavy (non-hydrogen) atoms. The fourth-order valence-electron chi connectivity index (χ4n) is 1.24. The zero-order chi connectivity index (χ0) is 13.1. The first kappa shape index (κ1) is 13.1. The lowest BCUT2D eigenvalue weighted by molar-refractivity contribution is -0.274. The Kier molecular flexibility index (Phi) is 3.82. The lowest BCUT2D eigenvalue weighted by Crippen LogP contribution is -2.21. The van der Waals surface area contributed by atoms with E-state index in [1.807, 2.05) is 0 Å². The third-order valence-electron chi connectivity index (χ3n) is 1.76. The molecule has 7 heteroatoms. The maximum Gasteiger partial charge on any atom is 0.573 e. The van der Waals surface area contributed by atoms with E-state index in [1.165, 1.54) is 12.1 Å². The first-order valence-electron chi connectivity index (χ1n) is 4.66. The smallest absolute Gasteiger partial charge is 0.493 e. The van der Waals surface area contributed by atoms with Crippen molar-refractivity contribution in [2.45, 2.75) is 13.3 Å². The van der Waals surface area contributed by atoms with Gasteiger partial charge in [0.15, 0.2) is 0 Å². The van der Waals surface area contributed by atoms with Crippen molar-refractivity contribution in [3.8, 4) is 11.5 Å². The summed E-state index contributed by atoms with van der Waals surface area (Å²) in [4.78, 5) is 11.1. The summed E-state index contributed by atoms with van der Waals surface area (Å²) in [6, 6.07) is 3.61. The van der Waals surface area contributed by atoms with E-state index in [4.69, 9.17) is 10.5 Å². The predicted octanol–water partition coefficient (Wildman–Crippen LogP) is 2.08. The first-order valence-corrected chi connectivity index (χ1v) is 4.66. The lowest BCUT2D eigenvalue weighted by atomic mass is 10.1. The fraction of sp³-hybridized carbons (Fsp3) is 0.300. The molecule has 0 fully saturated rings. The molecule has 1 amide bonds. The Morgan fingerprint density at radius 2 is 1.94 bits per heavy atom. The average Bonchev–Trinajstić information content (AvgIpc) is 2.15. The summed E-state index contributed by atoms with van der Waals surface area (Å²) in [6.07, 6.45) is -4.89. The van der Waals surface area contributed by atoms with Gasteiger partial charge in [-0.1, -0.05) is 6.07 Å². The molecule has 0 aliphatic rings. The first-order chi connectivity index (χ1) is 7.85. The van der Waals surface area contributed by atoms with Gasteiger partial charge >= 0.3 is 6.36 Å². The molecule has 0 aliphatic heterocycles. The average molecular weight is 249 g/mol. The number of benzene rings is 1. The number of amides is 1. The number of ether oxygens (including phenoxy) is 2. The number of alkyl halides is 3. The zero-order valence-electron chi connectivity index (χ0n) is 8.88. The molecule has 1 aromatic rings. The van der Waals surface area contributed by atoms with Crippen LogP contribution in [-0.4, -0.2) is 18.9 Å². The third kappa shape index (κ3) is 3.54. The zero-order valence-corrected chi connectivity index (χ0v) is 8.88. The Morgan fingerprint density at radius 1 is 1.35 bits per heavy atom. The molecule has 0 aromatic heterocycles. The van der Waals surface area contributed by atoms with Crippen molar-refractivity contribution >= 4 is 5.91 Å². The molecule has 0 unspecified atom stereocenters. The van der Waals surface area contributed by atoms with E-state index in [-0.39, 0.29) is 12.4 Å². The summed E-state index contributed by atoms with van der Waals surface area (Å²) in [5.41, 5.74) is 4.57. The highest BCUT2D eigenvalue weighted by molar-refractivity contribution is 5.98. The van der Waals surface area contributed by atoms with E-state index in [9.17, 15) is 18.0 Å². The van der Waals surface area contributed by atoms with Crippen molar-refractivity contribution in [3.63, 3.8) is 0 Å². The Balaban J connectivity index is 3.20. The van der Waals surface area contributed by atoms with Crippen molar-refractivity contribution in [2.24, 2.45) is 5.73 Å². The van der Waals surface area contributed by atoms with Crippen LogP contribution in [0.25, 0.3) is 0 Å². The molecule has 94 valence electrons. The molecule has 4 nitrogen and oxygen atoms in total. The normalized spacial score (nSPS) is 11.1. The Hall–Kier alpha value is -1.92. The molecule has 1 rings (SSSR count). The van der Waals surface area contributed by atoms with Gasteiger partial charge in [0.1, 0.15) is 17.1 Å². The molecule has 0 saturated heterocycles. The Labute approximate surface area is 95.1 Å². The summed E-state index contributed by atoms with van der Waals surface area (Å²) in [5, 5.41) is 0. The Bertz CT molecular complexity index is 418. The van der Waals surface area contributed by atoms with Gasteiger partial charge in [-0.15, -0.1) is 13.2 Å². The molecule has 0 saturated carbocycles. The van der Waals surface area contributed by atoms with Gasteiger partial charge in [-0.05, 0) is 19.1 Å². The molecular formula is C10H10F3NO3. The number of primary amides is 1. The molecule has 0 bridgehead atoms. The molecule has 1 aromatic carbocycles. The fourth-order valence-corrected chi connectivity index (χ4v) is 1.24. The quantitative estimate of drug-likeness (QED) is 0.888. The van der Waals surface area contributed by atoms with Crippen LogP contribution in [0.3, 0.4) is 0 Å². The maximum atomic E-state index is 12.1. The number of nitrogens with two attached hydrogens (primary N) is 1. The van der Waals surface area contributed by atoms with Crippen LogP contribution in [0.4, 0.5) is 13.2 Å². The van der Waals surface area contributed by atoms with Crippen molar-refractivity contribution in [2.75, 3.05) is 6.61 Å². The van der Waals surface area contributed by atoms with Crippen LogP contribution in [0.2, 0.25) is 0 Å². The standard InChI is InChI=1S/C10H10F3NO3/c1-2-16-6-4-3-5-7(8(6)9(14)15)17-10(11,12)13/h3-5H,2H2,1H3,(H2,14,15). The van der Waals surface area contributed by atoms with Crippen LogP contribution < -0.4 is 15.2 Å². The monoisotopic (exact) mass is 249 g/mol. The van der Waals surface area contributed by atoms with Crippen LogP contribution in [0, 0.1) is 0 Å². The SMILES string of the molecule is CCOc1cccc(OC(F)(F)F)c1C(N)=O. The number of carbonyl (C=O) groups is 1. The third-order valence-corrected chi connectivity index (χ3v) is 1.76. The molecule has 2 N–H and O–H groups in total. The molecule has 0 spiro atoms. The van der Waals surface area contributed by atoms with Gasteiger partial charge < -0.3 is 15.2 Å². The van der Waals surface area contributed by atoms with E-state index in [0.717, 1.165) is 6.07 Å². The van der Waals surface area contributed by atoms with Gasteiger partial charge in [-0.2, -0.15) is 0 Å². The van der Waals surface area contributed by atoms with Crippen LogP contribution in [0.15, 0.2) is 18.2 Å². The second kappa shape index (κ2) is 4.94. The summed E-state index contributed by atoms with van der Waals surface area (Å²) in [5.74, 6) is -1.76. The largest absolute Gasteiger partial charge is 0.573 e. The summed E-state index contributed by atoms with van der Waals surface area (Å²) < 4.78 is 45.0. The Morgan fingerprint density at radius 3 is 2.41 bits per heavy atom. The minimum atomic E-state index is -4.89. The van der Waals surface area contributed by atoms with E-state index in [0.29, 0.717) is 0 Å². The molecule has 0 aliphatic carbocycles. The van der Waals surface area contributed by atoms with Crippen molar-refractivity contribution < 1.29 is 27.4 Å². The van der Waals surface area contributed by atoms with Crippen LogP contribution in [0.5, 0.6) is 11.5 Å². The lowest BCUT2D eigenvalue weighted by Gasteiger charge is -2.14. The molecule has 0 atom stereocenters. The van der Waals surface area contributed by atoms with Crippen molar-refractivity contribution in [1.82, 2.24) is 0 Å². The summed E-state index contributed by atoms with van der Waals surface area (Å²) in [6.45, 7) is 1.82. The number of hydrogen-bond acceptors (Lipinski definition) is 3. The summed E-state index contributed by atoms with van der Waals surface area (Å²) in [7, 11) is 0. The van der Waals surface area contributed by atoms with E-state index in [2.05, 4.69) is 4.74 Å². The molecule has 0 heterocycles. The number of carbonyl (C=O) groups excluding carboxylic acids is 1. The van der Waals surface area contributed by atoms with E-state index >= 15 is 0 Å². The highest BCUT2D eigenvalue weighted by Crippen LogP contribution is 2.32. The topological polar surface area (TPSA) is 61.6 Å². The minimum absolute atomic E-state index is 0.0400. The summed E-state index contributed by atoms with van der Waals surface area (Å²) >= 11 is 0. The molecule has 0 radical (unpaired) electrons. The maximum absolute atomic E-state index is 12.1.